The normalized spacial score (nSPS) is 12.0. The van der Waals surface area contributed by atoms with Gasteiger partial charge in [-0.2, -0.15) is 0 Å². The Balaban J connectivity index is 1.73. The van der Waals surface area contributed by atoms with Crippen LogP contribution in [0.2, 0.25) is 0 Å². The summed E-state index contributed by atoms with van der Waals surface area (Å²) >= 11 is 0. The van der Waals surface area contributed by atoms with Gasteiger partial charge in [-0.25, -0.2) is 5.48 Å². The van der Waals surface area contributed by atoms with E-state index in [2.05, 4.69) is 5.48 Å². The molecule has 0 aliphatic rings. The van der Waals surface area contributed by atoms with E-state index in [4.69, 9.17) is 4.84 Å². The Morgan fingerprint density at radius 2 is 1.50 bits per heavy atom. The number of hydroxylamine groups is 1. The van der Waals surface area contributed by atoms with E-state index < -0.39 is 6.10 Å². The standard InChI is InChI=1S/C17H19NO4/c19-12-17(11-14-3-7-16(21)8-4-14)22-18-10-9-13-1-5-15(20)6-2-13/h1-8,12,17-18,20-21H,9-11H2. The van der Waals surface area contributed by atoms with Gasteiger partial charge in [-0.1, -0.05) is 24.3 Å². The Morgan fingerprint density at radius 3 is 2.05 bits per heavy atom. The van der Waals surface area contributed by atoms with Crippen molar-refractivity contribution in [3.05, 3.63) is 59.7 Å². The molecule has 116 valence electrons. The van der Waals surface area contributed by atoms with Crippen LogP contribution in [0.4, 0.5) is 0 Å². The smallest absolute Gasteiger partial charge is 0.151 e. The summed E-state index contributed by atoms with van der Waals surface area (Å²) in [6.45, 7) is 0.560. The van der Waals surface area contributed by atoms with Crippen LogP contribution in [-0.4, -0.2) is 29.1 Å². The topological polar surface area (TPSA) is 78.8 Å². The highest BCUT2D eigenvalue weighted by molar-refractivity contribution is 5.56. The zero-order valence-electron chi connectivity index (χ0n) is 12.1. The highest BCUT2D eigenvalue weighted by Gasteiger charge is 2.09. The first kappa shape index (κ1) is 16.0. The number of benzene rings is 2. The van der Waals surface area contributed by atoms with Crippen molar-refractivity contribution in [2.45, 2.75) is 18.9 Å². The van der Waals surface area contributed by atoms with Gasteiger partial charge in [0.2, 0.25) is 0 Å². The van der Waals surface area contributed by atoms with Gasteiger partial charge in [0.05, 0.1) is 0 Å². The van der Waals surface area contributed by atoms with Crippen LogP contribution in [0.25, 0.3) is 0 Å². The molecule has 0 aliphatic heterocycles. The van der Waals surface area contributed by atoms with Crippen LogP contribution in [-0.2, 0) is 22.5 Å². The lowest BCUT2D eigenvalue weighted by atomic mass is 10.1. The molecular weight excluding hydrogens is 282 g/mol. The third-order valence-electron chi connectivity index (χ3n) is 3.21. The van der Waals surface area contributed by atoms with Crippen LogP contribution in [0, 0.1) is 0 Å². The Bertz CT molecular complexity index is 581. The molecule has 22 heavy (non-hydrogen) atoms. The molecule has 5 nitrogen and oxygen atoms in total. The molecule has 0 fully saturated rings. The average Bonchev–Trinajstić information content (AvgIpc) is 2.54. The fraction of sp³-hybridized carbons (Fsp3) is 0.235. The van der Waals surface area contributed by atoms with Crippen molar-refractivity contribution < 1.29 is 19.8 Å². The maximum absolute atomic E-state index is 11.0. The summed E-state index contributed by atoms with van der Waals surface area (Å²) < 4.78 is 0. The van der Waals surface area contributed by atoms with E-state index in [0.29, 0.717) is 13.0 Å². The molecule has 0 aliphatic carbocycles. The average molecular weight is 301 g/mol. The molecule has 0 bridgehead atoms. The third kappa shape index (κ3) is 5.20. The molecule has 0 radical (unpaired) electrons. The number of aldehydes is 1. The van der Waals surface area contributed by atoms with Crippen molar-refractivity contribution in [3.8, 4) is 11.5 Å². The Morgan fingerprint density at radius 1 is 0.955 bits per heavy atom. The van der Waals surface area contributed by atoms with Crippen LogP contribution in [0.5, 0.6) is 11.5 Å². The van der Waals surface area contributed by atoms with E-state index in [1.54, 1.807) is 36.4 Å². The van der Waals surface area contributed by atoms with Crippen LogP contribution >= 0.6 is 0 Å². The van der Waals surface area contributed by atoms with E-state index in [1.807, 2.05) is 12.1 Å². The quantitative estimate of drug-likeness (QED) is 0.395. The Labute approximate surface area is 129 Å². The van der Waals surface area contributed by atoms with Gasteiger partial charge in [-0.05, 0) is 41.8 Å². The van der Waals surface area contributed by atoms with E-state index in [1.165, 1.54) is 0 Å². The summed E-state index contributed by atoms with van der Waals surface area (Å²) in [7, 11) is 0. The highest BCUT2D eigenvalue weighted by Crippen LogP contribution is 2.12. The van der Waals surface area contributed by atoms with Crippen LogP contribution in [0.3, 0.4) is 0 Å². The van der Waals surface area contributed by atoms with Gasteiger partial charge < -0.3 is 15.0 Å². The lowest BCUT2D eigenvalue weighted by Crippen LogP contribution is -2.28. The molecule has 0 spiro atoms. The highest BCUT2D eigenvalue weighted by atomic mass is 16.7. The summed E-state index contributed by atoms with van der Waals surface area (Å²) in [5, 5.41) is 18.4. The fourth-order valence-corrected chi connectivity index (χ4v) is 2.01. The first-order valence-corrected chi connectivity index (χ1v) is 7.07. The zero-order valence-corrected chi connectivity index (χ0v) is 12.1. The second-order valence-corrected chi connectivity index (χ2v) is 4.97. The molecule has 1 atom stereocenters. The van der Waals surface area contributed by atoms with Crippen molar-refractivity contribution in [1.82, 2.24) is 5.48 Å². The van der Waals surface area contributed by atoms with Gasteiger partial charge in [-0.3, -0.25) is 4.84 Å². The van der Waals surface area contributed by atoms with Gasteiger partial charge >= 0.3 is 0 Å². The summed E-state index contributed by atoms with van der Waals surface area (Å²) in [4.78, 5) is 16.4. The molecule has 0 aromatic heterocycles. The van der Waals surface area contributed by atoms with Crippen molar-refractivity contribution in [2.24, 2.45) is 0 Å². The number of carbonyl (C=O) groups excluding carboxylic acids is 1. The minimum absolute atomic E-state index is 0.194. The predicted octanol–water partition coefficient (Wildman–Crippen LogP) is 1.97. The number of aromatic hydroxyl groups is 2. The van der Waals surface area contributed by atoms with Crippen molar-refractivity contribution in [2.75, 3.05) is 6.54 Å². The lowest BCUT2D eigenvalue weighted by Gasteiger charge is -2.12. The van der Waals surface area contributed by atoms with Crippen molar-refractivity contribution in [3.63, 3.8) is 0 Å². The fourth-order valence-electron chi connectivity index (χ4n) is 2.01. The molecule has 2 aromatic carbocycles. The van der Waals surface area contributed by atoms with E-state index >= 15 is 0 Å². The minimum Gasteiger partial charge on any atom is -0.508 e. The number of rotatable bonds is 8. The van der Waals surface area contributed by atoms with Gasteiger partial charge in [-0.15, -0.1) is 0 Å². The number of phenols is 2. The zero-order chi connectivity index (χ0) is 15.8. The van der Waals surface area contributed by atoms with E-state index in [-0.39, 0.29) is 11.5 Å². The molecule has 2 rings (SSSR count). The van der Waals surface area contributed by atoms with Gasteiger partial charge in [0.1, 0.15) is 17.6 Å². The largest absolute Gasteiger partial charge is 0.508 e. The second-order valence-electron chi connectivity index (χ2n) is 4.97. The van der Waals surface area contributed by atoms with Gasteiger partial charge in [0, 0.05) is 13.0 Å². The molecular formula is C17H19NO4. The van der Waals surface area contributed by atoms with Crippen LogP contribution in [0.15, 0.2) is 48.5 Å². The lowest BCUT2D eigenvalue weighted by molar-refractivity contribution is -0.123. The maximum Gasteiger partial charge on any atom is 0.151 e. The van der Waals surface area contributed by atoms with Gasteiger partial charge in [0.15, 0.2) is 6.29 Å². The second kappa shape index (κ2) is 8.17. The summed E-state index contributed by atoms with van der Waals surface area (Å²) in [6, 6.07) is 13.6. The third-order valence-corrected chi connectivity index (χ3v) is 3.21. The summed E-state index contributed by atoms with van der Waals surface area (Å²) in [5.41, 5.74) is 4.77. The summed E-state index contributed by atoms with van der Waals surface area (Å²) in [6.07, 6.45) is 1.34. The molecule has 5 heteroatoms. The molecule has 1 unspecified atom stereocenters. The molecule has 2 aromatic rings. The number of phenolic OH excluding ortho intramolecular Hbond substituents is 2. The van der Waals surface area contributed by atoms with Gasteiger partial charge in [0.25, 0.3) is 0 Å². The summed E-state index contributed by atoms with van der Waals surface area (Å²) in [5.74, 6) is 0.433. The molecule has 0 saturated heterocycles. The van der Waals surface area contributed by atoms with Crippen molar-refractivity contribution >= 4 is 6.29 Å². The molecule has 0 amide bonds. The predicted molar refractivity (Wildman–Crippen MR) is 82.6 cm³/mol. The monoisotopic (exact) mass is 301 g/mol. The van der Waals surface area contributed by atoms with Crippen LogP contribution < -0.4 is 5.48 Å². The molecule has 0 heterocycles. The Hall–Kier alpha value is -2.37. The van der Waals surface area contributed by atoms with E-state index in [0.717, 1.165) is 23.8 Å². The van der Waals surface area contributed by atoms with Crippen molar-refractivity contribution in [1.29, 1.82) is 0 Å². The number of nitrogens with one attached hydrogen (secondary N) is 1. The number of hydrogen-bond donors (Lipinski definition) is 3. The number of carbonyl (C=O) groups is 1. The molecule has 3 N–H and O–H groups in total. The SMILES string of the molecule is O=CC(Cc1ccc(O)cc1)ONCCc1ccc(O)cc1. The number of hydrogen-bond acceptors (Lipinski definition) is 5. The first-order chi connectivity index (χ1) is 10.7. The maximum atomic E-state index is 11.0. The molecule has 0 saturated carbocycles. The van der Waals surface area contributed by atoms with Crippen LogP contribution in [0.1, 0.15) is 11.1 Å². The minimum atomic E-state index is -0.579. The Kier molecular flexibility index (Phi) is 5.94. The first-order valence-electron chi connectivity index (χ1n) is 7.07. The van der Waals surface area contributed by atoms with E-state index in [9.17, 15) is 15.0 Å².